The van der Waals surface area contributed by atoms with E-state index < -0.39 is 0 Å². The predicted molar refractivity (Wildman–Crippen MR) is 71.3 cm³/mol. The number of ether oxygens (including phenoxy) is 1. The Morgan fingerprint density at radius 3 is 2.71 bits per heavy atom. The maximum Gasteiger partial charge on any atom is 0.0589 e. The number of hydrogen-bond donors (Lipinski definition) is 1. The van der Waals surface area contributed by atoms with Crippen LogP contribution in [0.15, 0.2) is 0 Å². The van der Waals surface area contributed by atoms with E-state index in [1.807, 2.05) is 0 Å². The van der Waals surface area contributed by atoms with Crippen LogP contribution in [0.1, 0.15) is 45.4 Å². The van der Waals surface area contributed by atoms with Gasteiger partial charge < -0.3 is 10.1 Å². The predicted octanol–water partition coefficient (Wildman–Crippen LogP) is 2.02. The molecule has 0 aromatic heterocycles. The van der Waals surface area contributed by atoms with Crippen LogP contribution in [0.3, 0.4) is 0 Å². The van der Waals surface area contributed by atoms with Gasteiger partial charge in [0.2, 0.25) is 0 Å². The summed E-state index contributed by atoms with van der Waals surface area (Å²) in [7, 11) is 1.80. The maximum atomic E-state index is 5.23. The fraction of sp³-hybridized carbons (Fsp3) is 1.00. The topological polar surface area (TPSA) is 24.5 Å². The average molecular weight is 240 g/mol. The molecule has 0 bridgehead atoms. The minimum atomic E-state index is 0.702. The van der Waals surface area contributed by atoms with Crippen molar-refractivity contribution < 1.29 is 4.74 Å². The summed E-state index contributed by atoms with van der Waals surface area (Å²) in [5, 5.41) is 3.66. The van der Waals surface area contributed by atoms with Gasteiger partial charge in [-0.15, -0.1) is 0 Å². The Labute approximate surface area is 106 Å². The fourth-order valence-corrected chi connectivity index (χ4v) is 3.04. The average Bonchev–Trinajstić information content (AvgIpc) is 3.15. The van der Waals surface area contributed by atoms with Crippen LogP contribution in [0.25, 0.3) is 0 Å². The molecular weight excluding hydrogens is 212 g/mol. The Balaban J connectivity index is 1.76. The molecule has 0 radical (unpaired) electrons. The van der Waals surface area contributed by atoms with Gasteiger partial charge in [-0.05, 0) is 45.6 Å². The molecule has 1 N–H and O–H groups in total. The molecule has 1 saturated heterocycles. The van der Waals surface area contributed by atoms with Crippen LogP contribution in [0.4, 0.5) is 0 Å². The SMILES string of the molecule is COCCN(C(C)CC1CCCCN1)C1CC1. The summed E-state index contributed by atoms with van der Waals surface area (Å²) in [5.41, 5.74) is 0. The molecule has 2 atom stereocenters. The smallest absolute Gasteiger partial charge is 0.0589 e. The van der Waals surface area contributed by atoms with Crippen LogP contribution < -0.4 is 5.32 Å². The van der Waals surface area contributed by atoms with E-state index in [2.05, 4.69) is 17.1 Å². The van der Waals surface area contributed by atoms with E-state index in [0.717, 1.165) is 25.2 Å². The Morgan fingerprint density at radius 1 is 1.29 bits per heavy atom. The first kappa shape index (κ1) is 13.3. The molecule has 2 unspecified atom stereocenters. The third-order valence-corrected chi connectivity index (χ3v) is 4.17. The standard InChI is InChI=1S/C14H28N2O/c1-12(11-13-5-3-4-8-15-13)16(9-10-17-2)14-6-7-14/h12-15H,3-11H2,1-2H3. The van der Waals surface area contributed by atoms with Gasteiger partial charge in [0.15, 0.2) is 0 Å². The molecule has 0 aromatic carbocycles. The fourth-order valence-electron chi connectivity index (χ4n) is 3.04. The lowest BCUT2D eigenvalue weighted by atomic mass is 9.98. The van der Waals surface area contributed by atoms with Crippen molar-refractivity contribution in [2.24, 2.45) is 0 Å². The molecule has 0 spiro atoms. The highest BCUT2D eigenvalue weighted by atomic mass is 16.5. The summed E-state index contributed by atoms with van der Waals surface area (Å²) in [6.07, 6.45) is 8.23. The molecule has 0 aromatic rings. The number of rotatable bonds is 7. The van der Waals surface area contributed by atoms with Gasteiger partial charge in [0, 0.05) is 31.8 Å². The first-order valence-corrected chi connectivity index (χ1v) is 7.29. The Kier molecular flexibility index (Phi) is 5.26. The lowest BCUT2D eigenvalue weighted by Crippen LogP contribution is -2.43. The van der Waals surface area contributed by atoms with Gasteiger partial charge in [-0.2, -0.15) is 0 Å². The van der Waals surface area contributed by atoms with Crippen LogP contribution in [-0.4, -0.2) is 49.8 Å². The highest BCUT2D eigenvalue weighted by Crippen LogP contribution is 2.30. The lowest BCUT2D eigenvalue weighted by molar-refractivity contribution is 0.109. The zero-order valence-corrected chi connectivity index (χ0v) is 11.5. The van der Waals surface area contributed by atoms with Crippen molar-refractivity contribution in [3.8, 4) is 0 Å². The normalized spacial score (nSPS) is 27.4. The molecule has 3 nitrogen and oxygen atoms in total. The molecule has 1 aliphatic carbocycles. The molecule has 2 rings (SSSR count). The van der Waals surface area contributed by atoms with Gasteiger partial charge in [-0.25, -0.2) is 0 Å². The van der Waals surface area contributed by atoms with Gasteiger partial charge in [-0.3, -0.25) is 4.90 Å². The summed E-state index contributed by atoms with van der Waals surface area (Å²) in [6.45, 7) is 5.59. The summed E-state index contributed by atoms with van der Waals surface area (Å²) in [4.78, 5) is 2.67. The monoisotopic (exact) mass is 240 g/mol. The van der Waals surface area contributed by atoms with Crippen LogP contribution in [0.2, 0.25) is 0 Å². The number of methoxy groups -OCH3 is 1. The third-order valence-electron chi connectivity index (χ3n) is 4.17. The number of nitrogens with one attached hydrogen (secondary N) is 1. The van der Waals surface area contributed by atoms with Gasteiger partial charge in [-0.1, -0.05) is 6.42 Å². The van der Waals surface area contributed by atoms with E-state index in [4.69, 9.17) is 4.74 Å². The summed E-state index contributed by atoms with van der Waals surface area (Å²) in [5.74, 6) is 0. The molecule has 3 heteroatoms. The molecule has 1 heterocycles. The second-order valence-corrected chi connectivity index (χ2v) is 5.69. The van der Waals surface area contributed by atoms with Gasteiger partial charge in [0.25, 0.3) is 0 Å². The van der Waals surface area contributed by atoms with Crippen LogP contribution in [0.5, 0.6) is 0 Å². The molecule has 2 aliphatic rings. The van der Waals surface area contributed by atoms with E-state index in [1.54, 1.807) is 7.11 Å². The van der Waals surface area contributed by atoms with Crippen molar-refractivity contribution in [1.82, 2.24) is 10.2 Å². The van der Waals surface area contributed by atoms with E-state index in [-0.39, 0.29) is 0 Å². The maximum absolute atomic E-state index is 5.23. The zero-order chi connectivity index (χ0) is 12.1. The quantitative estimate of drug-likeness (QED) is 0.737. The van der Waals surface area contributed by atoms with E-state index in [0.29, 0.717) is 6.04 Å². The van der Waals surface area contributed by atoms with E-state index in [9.17, 15) is 0 Å². The first-order valence-electron chi connectivity index (χ1n) is 7.29. The second-order valence-electron chi connectivity index (χ2n) is 5.69. The highest BCUT2D eigenvalue weighted by molar-refractivity contribution is 4.89. The molecule has 1 saturated carbocycles. The Morgan fingerprint density at radius 2 is 2.12 bits per heavy atom. The molecule has 2 fully saturated rings. The van der Waals surface area contributed by atoms with Gasteiger partial charge >= 0.3 is 0 Å². The van der Waals surface area contributed by atoms with Crippen molar-refractivity contribution >= 4 is 0 Å². The van der Waals surface area contributed by atoms with Gasteiger partial charge in [0.05, 0.1) is 6.61 Å². The second kappa shape index (κ2) is 6.72. The summed E-state index contributed by atoms with van der Waals surface area (Å²) >= 11 is 0. The largest absolute Gasteiger partial charge is 0.383 e. The number of piperidine rings is 1. The molecule has 1 aliphatic heterocycles. The Hall–Kier alpha value is -0.120. The molecule has 100 valence electrons. The summed E-state index contributed by atoms with van der Waals surface area (Å²) < 4.78 is 5.23. The number of nitrogens with zero attached hydrogens (tertiary/aromatic N) is 1. The van der Waals surface area contributed by atoms with Gasteiger partial charge in [0.1, 0.15) is 0 Å². The zero-order valence-electron chi connectivity index (χ0n) is 11.5. The van der Waals surface area contributed by atoms with Crippen molar-refractivity contribution in [2.45, 2.75) is 63.6 Å². The summed E-state index contributed by atoms with van der Waals surface area (Å²) in [6, 6.07) is 2.31. The molecular formula is C14H28N2O. The molecule has 0 amide bonds. The van der Waals surface area contributed by atoms with Crippen LogP contribution in [-0.2, 0) is 4.74 Å². The van der Waals surface area contributed by atoms with Crippen molar-refractivity contribution in [2.75, 3.05) is 26.8 Å². The van der Waals surface area contributed by atoms with E-state index >= 15 is 0 Å². The minimum Gasteiger partial charge on any atom is -0.383 e. The Bertz CT molecular complexity index is 212. The highest BCUT2D eigenvalue weighted by Gasteiger charge is 2.32. The number of hydrogen-bond acceptors (Lipinski definition) is 3. The first-order chi connectivity index (χ1) is 8.31. The van der Waals surface area contributed by atoms with Crippen LogP contribution >= 0.6 is 0 Å². The third kappa shape index (κ3) is 4.23. The minimum absolute atomic E-state index is 0.702. The van der Waals surface area contributed by atoms with Crippen molar-refractivity contribution in [3.05, 3.63) is 0 Å². The van der Waals surface area contributed by atoms with E-state index in [1.165, 1.54) is 45.1 Å². The van der Waals surface area contributed by atoms with Crippen LogP contribution in [0, 0.1) is 0 Å². The lowest BCUT2D eigenvalue weighted by Gasteiger charge is -2.33. The van der Waals surface area contributed by atoms with Crippen molar-refractivity contribution in [1.29, 1.82) is 0 Å². The molecule has 17 heavy (non-hydrogen) atoms. The van der Waals surface area contributed by atoms with Crippen molar-refractivity contribution in [3.63, 3.8) is 0 Å².